The summed E-state index contributed by atoms with van der Waals surface area (Å²) in [7, 11) is 0. The van der Waals surface area contributed by atoms with E-state index in [1.807, 2.05) is 11.3 Å². The molecular weight excluding hydrogens is 230 g/mol. The lowest BCUT2D eigenvalue weighted by Gasteiger charge is -2.20. The van der Waals surface area contributed by atoms with Crippen LogP contribution in [0.3, 0.4) is 0 Å². The van der Waals surface area contributed by atoms with Gasteiger partial charge in [0.2, 0.25) is 0 Å². The number of thiophene rings is 1. The number of hydrogen-bond acceptors (Lipinski definition) is 3. The molecule has 1 saturated carbocycles. The zero-order valence-electron chi connectivity index (χ0n) is 10.4. The molecule has 3 nitrogen and oxygen atoms in total. The summed E-state index contributed by atoms with van der Waals surface area (Å²) in [6.07, 6.45) is 4.44. The molecule has 3 N–H and O–H groups in total. The molecule has 0 radical (unpaired) electrons. The molecule has 0 aliphatic heterocycles. The summed E-state index contributed by atoms with van der Waals surface area (Å²) in [4.78, 5) is 5.38. The predicted octanol–water partition coefficient (Wildman–Crippen LogP) is 2.60. The lowest BCUT2D eigenvalue weighted by atomic mass is 10.3. The summed E-state index contributed by atoms with van der Waals surface area (Å²) >= 11 is 1.91. The number of nitrogens with zero attached hydrogens (tertiary/aromatic N) is 1. The number of aryl methyl sites for hydroxylation is 1. The van der Waals surface area contributed by atoms with Crippen molar-refractivity contribution in [1.29, 1.82) is 5.41 Å². The lowest BCUT2D eigenvalue weighted by molar-refractivity contribution is 0.264. The minimum atomic E-state index is 0.302. The van der Waals surface area contributed by atoms with Gasteiger partial charge >= 0.3 is 0 Å². The summed E-state index contributed by atoms with van der Waals surface area (Å²) in [6, 6.07) is 5.21. The Hall–Kier alpha value is -0.870. The van der Waals surface area contributed by atoms with Crippen LogP contribution in [0.15, 0.2) is 12.1 Å². The third-order valence-corrected chi connectivity index (χ3v) is 4.37. The fraction of sp³-hybridized carbons (Fsp3) is 0.615. The normalized spacial score (nSPS) is 15.4. The van der Waals surface area contributed by atoms with Crippen LogP contribution < -0.4 is 5.73 Å². The topological polar surface area (TPSA) is 53.1 Å². The molecule has 4 heteroatoms. The highest BCUT2D eigenvalue weighted by Gasteiger charge is 2.28. The van der Waals surface area contributed by atoms with E-state index in [-0.39, 0.29) is 0 Å². The van der Waals surface area contributed by atoms with Crippen LogP contribution in [0.4, 0.5) is 0 Å². The molecule has 94 valence electrons. The third kappa shape index (κ3) is 3.82. The molecule has 17 heavy (non-hydrogen) atoms. The van der Waals surface area contributed by atoms with Crippen molar-refractivity contribution in [3.05, 3.63) is 21.9 Å². The Bertz CT molecular complexity index is 382. The fourth-order valence-electron chi connectivity index (χ4n) is 1.99. The van der Waals surface area contributed by atoms with Crippen LogP contribution in [-0.2, 0) is 13.0 Å². The van der Waals surface area contributed by atoms with Gasteiger partial charge in [-0.1, -0.05) is 6.92 Å². The van der Waals surface area contributed by atoms with Crippen molar-refractivity contribution in [2.75, 3.05) is 6.54 Å². The van der Waals surface area contributed by atoms with Gasteiger partial charge in [0.1, 0.15) is 0 Å². The average molecular weight is 251 g/mol. The lowest BCUT2D eigenvalue weighted by Crippen LogP contribution is -2.29. The zero-order chi connectivity index (χ0) is 12.3. The summed E-state index contributed by atoms with van der Waals surface area (Å²) in [5.41, 5.74) is 5.44. The van der Waals surface area contributed by atoms with E-state index in [0.29, 0.717) is 12.3 Å². The molecular formula is C13H21N3S. The molecule has 1 aliphatic rings. The standard InChI is InChI=1S/C13H21N3S/c1-2-11-5-6-12(17-11)9-16(10-3-4-10)8-7-13(14)15/h5-6,10H,2-4,7-9H2,1H3,(H3,14,15). The van der Waals surface area contributed by atoms with Crippen molar-refractivity contribution in [2.45, 2.75) is 45.2 Å². The van der Waals surface area contributed by atoms with Gasteiger partial charge in [0.25, 0.3) is 0 Å². The molecule has 1 aromatic rings. The maximum atomic E-state index is 7.32. The van der Waals surface area contributed by atoms with E-state index in [9.17, 15) is 0 Å². The highest BCUT2D eigenvalue weighted by molar-refractivity contribution is 7.11. The van der Waals surface area contributed by atoms with E-state index in [0.717, 1.165) is 25.6 Å². The van der Waals surface area contributed by atoms with Crippen LogP contribution in [0.2, 0.25) is 0 Å². The van der Waals surface area contributed by atoms with E-state index < -0.39 is 0 Å². The van der Waals surface area contributed by atoms with E-state index >= 15 is 0 Å². The molecule has 0 saturated heterocycles. The van der Waals surface area contributed by atoms with Gasteiger partial charge in [-0.15, -0.1) is 11.3 Å². The van der Waals surface area contributed by atoms with E-state index in [4.69, 9.17) is 11.1 Å². The van der Waals surface area contributed by atoms with Gasteiger partial charge in [-0.05, 0) is 31.4 Å². The van der Waals surface area contributed by atoms with Crippen molar-refractivity contribution in [1.82, 2.24) is 4.90 Å². The first kappa shape index (κ1) is 12.6. The highest BCUT2D eigenvalue weighted by Crippen LogP contribution is 2.29. The fourth-order valence-corrected chi connectivity index (χ4v) is 2.98. The summed E-state index contributed by atoms with van der Waals surface area (Å²) in [5.74, 6) is 0.302. The molecule has 0 bridgehead atoms. The first-order valence-corrected chi connectivity index (χ1v) is 7.15. The molecule has 0 spiro atoms. The minimum Gasteiger partial charge on any atom is -0.388 e. The Morgan fingerprint density at radius 1 is 1.47 bits per heavy atom. The minimum absolute atomic E-state index is 0.302. The monoisotopic (exact) mass is 251 g/mol. The van der Waals surface area contributed by atoms with Crippen LogP contribution in [0.25, 0.3) is 0 Å². The molecule has 1 aromatic heterocycles. The van der Waals surface area contributed by atoms with Gasteiger partial charge in [-0.25, -0.2) is 0 Å². The van der Waals surface area contributed by atoms with Crippen LogP contribution in [-0.4, -0.2) is 23.3 Å². The van der Waals surface area contributed by atoms with Crippen molar-refractivity contribution in [2.24, 2.45) is 5.73 Å². The summed E-state index contributed by atoms with van der Waals surface area (Å²) in [6.45, 7) is 4.16. The molecule has 0 amide bonds. The molecule has 1 fully saturated rings. The van der Waals surface area contributed by atoms with Gasteiger partial charge in [0.15, 0.2) is 0 Å². The maximum absolute atomic E-state index is 7.32. The average Bonchev–Trinajstić information content (AvgIpc) is 3.04. The molecule has 0 unspecified atom stereocenters. The highest BCUT2D eigenvalue weighted by atomic mass is 32.1. The number of nitrogens with two attached hydrogens (primary N) is 1. The van der Waals surface area contributed by atoms with Crippen molar-refractivity contribution < 1.29 is 0 Å². The van der Waals surface area contributed by atoms with Crippen molar-refractivity contribution in [3.63, 3.8) is 0 Å². The smallest absolute Gasteiger partial charge is 0.0918 e. The van der Waals surface area contributed by atoms with Crippen LogP contribution in [0, 0.1) is 5.41 Å². The second-order valence-electron chi connectivity index (χ2n) is 4.70. The van der Waals surface area contributed by atoms with Crippen LogP contribution in [0.5, 0.6) is 0 Å². The Kier molecular flexibility index (Phi) is 4.18. The number of nitrogens with one attached hydrogen (secondary N) is 1. The molecule has 2 rings (SSSR count). The first-order chi connectivity index (χ1) is 8.19. The van der Waals surface area contributed by atoms with Gasteiger partial charge in [0, 0.05) is 35.3 Å². The van der Waals surface area contributed by atoms with Gasteiger partial charge in [-0.2, -0.15) is 0 Å². The van der Waals surface area contributed by atoms with Crippen molar-refractivity contribution in [3.8, 4) is 0 Å². The van der Waals surface area contributed by atoms with Crippen LogP contribution >= 0.6 is 11.3 Å². The number of amidine groups is 1. The Morgan fingerprint density at radius 3 is 2.71 bits per heavy atom. The van der Waals surface area contributed by atoms with Crippen molar-refractivity contribution >= 4 is 17.2 Å². The van der Waals surface area contributed by atoms with E-state index in [2.05, 4.69) is 24.0 Å². The summed E-state index contributed by atoms with van der Waals surface area (Å²) < 4.78 is 0. The molecule has 0 aromatic carbocycles. The quantitative estimate of drug-likeness (QED) is 0.578. The SMILES string of the molecule is CCc1ccc(CN(CCC(=N)N)C2CC2)s1. The largest absolute Gasteiger partial charge is 0.388 e. The van der Waals surface area contributed by atoms with Gasteiger partial charge < -0.3 is 5.73 Å². The van der Waals surface area contributed by atoms with E-state index in [1.165, 1.54) is 22.6 Å². The third-order valence-electron chi connectivity index (χ3n) is 3.16. The second kappa shape index (κ2) is 5.65. The Labute approximate surface area is 107 Å². The van der Waals surface area contributed by atoms with Gasteiger partial charge in [-0.3, -0.25) is 10.3 Å². The van der Waals surface area contributed by atoms with Crippen LogP contribution in [0.1, 0.15) is 35.9 Å². The molecule has 0 atom stereocenters. The Balaban J connectivity index is 1.90. The molecule has 1 heterocycles. The second-order valence-corrected chi connectivity index (χ2v) is 5.95. The summed E-state index contributed by atoms with van der Waals surface area (Å²) in [5, 5.41) is 7.32. The number of hydrogen-bond donors (Lipinski definition) is 2. The van der Waals surface area contributed by atoms with Gasteiger partial charge in [0.05, 0.1) is 5.84 Å². The van der Waals surface area contributed by atoms with E-state index in [1.54, 1.807) is 0 Å². The first-order valence-electron chi connectivity index (χ1n) is 6.33. The number of rotatable bonds is 7. The molecule has 1 aliphatic carbocycles. The maximum Gasteiger partial charge on any atom is 0.0918 e. The zero-order valence-corrected chi connectivity index (χ0v) is 11.2. The Morgan fingerprint density at radius 2 is 2.18 bits per heavy atom. The predicted molar refractivity (Wildman–Crippen MR) is 73.7 cm³/mol.